The zero-order chi connectivity index (χ0) is 18.4. The first-order valence-electron chi connectivity index (χ1n) is 9.37. The number of aryl methyl sites for hydroxylation is 1. The average molecular weight is 383 g/mol. The summed E-state index contributed by atoms with van der Waals surface area (Å²) in [6.45, 7) is 4.10. The van der Waals surface area contributed by atoms with E-state index in [4.69, 9.17) is 4.74 Å². The van der Waals surface area contributed by atoms with Crippen LogP contribution in [0.2, 0.25) is 0 Å². The number of amides is 1. The molecule has 1 aliphatic carbocycles. The molecule has 7 nitrogen and oxygen atoms in total. The number of carbonyl (C=O) groups is 1. The molecule has 140 valence electrons. The van der Waals surface area contributed by atoms with Gasteiger partial charge in [-0.15, -0.1) is 26.6 Å². The minimum atomic E-state index is 0.133. The Balaban J connectivity index is 1.21. The Morgan fingerprint density at radius 1 is 1.30 bits per heavy atom. The Bertz CT molecular complexity index is 993. The summed E-state index contributed by atoms with van der Waals surface area (Å²) in [7, 11) is 0. The van der Waals surface area contributed by atoms with Gasteiger partial charge in [0.25, 0.3) is 5.91 Å². The maximum Gasteiger partial charge on any atom is 0.263 e. The molecule has 0 aromatic carbocycles. The predicted octanol–water partition coefficient (Wildman–Crippen LogP) is 2.91. The fourth-order valence-electron chi connectivity index (χ4n) is 3.52. The maximum atomic E-state index is 12.6. The first-order valence-corrected chi connectivity index (χ1v) is 10.2. The molecule has 1 saturated heterocycles. The van der Waals surface area contributed by atoms with Crippen LogP contribution in [0.4, 0.5) is 0 Å². The smallest absolute Gasteiger partial charge is 0.263 e. The lowest BCUT2D eigenvalue weighted by atomic mass is 10.1. The van der Waals surface area contributed by atoms with Crippen LogP contribution in [0.1, 0.15) is 46.2 Å². The number of rotatable bonds is 5. The third kappa shape index (κ3) is 3.29. The van der Waals surface area contributed by atoms with Crippen molar-refractivity contribution in [1.29, 1.82) is 0 Å². The summed E-state index contributed by atoms with van der Waals surface area (Å²) in [6.07, 6.45) is 3.27. The SMILES string of the molecule is Cc1csc(C(=O)N2CCC(COc3ccc4nnc(C5CC5)n4n3)C2)c1. The number of nitrogens with zero attached hydrogens (tertiary/aromatic N) is 5. The second kappa shape index (κ2) is 6.60. The van der Waals surface area contributed by atoms with Crippen molar-refractivity contribution in [3.8, 4) is 5.88 Å². The van der Waals surface area contributed by atoms with Gasteiger partial charge in [-0.1, -0.05) is 0 Å². The first kappa shape index (κ1) is 16.7. The summed E-state index contributed by atoms with van der Waals surface area (Å²) < 4.78 is 7.74. The van der Waals surface area contributed by atoms with Crippen LogP contribution >= 0.6 is 11.3 Å². The van der Waals surface area contributed by atoms with Crippen molar-refractivity contribution in [1.82, 2.24) is 24.7 Å². The van der Waals surface area contributed by atoms with E-state index >= 15 is 0 Å². The molecule has 1 unspecified atom stereocenters. The molecule has 2 fully saturated rings. The maximum absolute atomic E-state index is 12.6. The van der Waals surface area contributed by atoms with Crippen molar-refractivity contribution >= 4 is 22.9 Å². The van der Waals surface area contributed by atoms with E-state index in [0.717, 1.165) is 54.3 Å². The Morgan fingerprint density at radius 3 is 2.96 bits per heavy atom. The monoisotopic (exact) mass is 383 g/mol. The summed E-state index contributed by atoms with van der Waals surface area (Å²) in [5.74, 6) is 2.46. The molecule has 3 aromatic rings. The fourth-order valence-corrected chi connectivity index (χ4v) is 4.38. The third-order valence-corrected chi connectivity index (χ3v) is 6.22. The first-order chi connectivity index (χ1) is 13.2. The molecule has 3 aromatic heterocycles. The largest absolute Gasteiger partial charge is 0.476 e. The Labute approximate surface area is 161 Å². The van der Waals surface area contributed by atoms with E-state index in [1.165, 1.54) is 11.3 Å². The molecule has 1 saturated carbocycles. The van der Waals surface area contributed by atoms with Gasteiger partial charge in [0.2, 0.25) is 5.88 Å². The highest BCUT2D eigenvalue weighted by Gasteiger charge is 2.30. The van der Waals surface area contributed by atoms with E-state index in [1.54, 1.807) is 4.52 Å². The Hall–Kier alpha value is -2.48. The van der Waals surface area contributed by atoms with E-state index < -0.39 is 0 Å². The highest BCUT2D eigenvalue weighted by Crippen LogP contribution is 2.38. The standard InChI is InChI=1S/C19H21N5O2S/c1-12-8-15(27-11-12)19(25)23-7-6-13(9-23)10-26-17-5-4-16-20-21-18(14-2-3-14)24(16)22-17/h4-5,8,11,13-14H,2-3,6-7,9-10H2,1H3. The average Bonchev–Trinajstić information content (AvgIpc) is 3.09. The van der Waals surface area contributed by atoms with Gasteiger partial charge in [-0.05, 0) is 49.3 Å². The number of hydrogen-bond donors (Lipinski definition) is 0. The molecule has 5 rings (SSSR count). The van der Waals surface area contributed by atoms with E-state index in [2.05, 4.69) is 15.3 Å². The van der Waals surface area contributed by atoms with E-state index in [1.807, 2.05) is 35.4 Å². The molecule has 1 amide bonds. The van der Waals surface area contributed by atoms with Crippen molar-refractivity contribution in [2.24, 2.45) is 5.92 Å². The Morgan fingerprint density at radius 2 is 2.19 bits per heavy atom. The quantitative estimate of drug-likeness (QED) is 0.677. The molecular weight excluding hydrogens is 362 g/mol. The highest BCUT2D eigenvalue weighted by atomic mass is 32.1. The molecule has 0 N–H and O–H groups in total. The molecule has 0 radical (unpaired) electrons. The van der Waals surface area contributed by atoms with Crippen LogP contribution < -0.4 is 4.74 Å². The van der Waals surface area contributed by atoms with E-state index in [0.29, 0.717) is 24.3 Å². The van der Waals surface area contributed by atoms with Crippen LogP contribution in [-0.2, 0) is 0 Å². The summed E-state index contributed by atoms with van der Waals surface area (Å²) in [5.41, 5.74) is 1.90. The van der Waals surface area contributed by atoms with Crippen LogP contribution in [0.3, 0.4) is 0 Å². The van der Waals surface area contributed by atoms with Gasteiger partial charge in [0.05, 0.1) is 11.5 Å². The number of likely N-dealkylation sites (tertiary alicyclic amines) is 1. The van der Waals surface area contributed by atoms with Crippen molar-refractivity contribution in [2.75, 3.05) is 19.7 Å². The van der Waals surface area contributed by atoms with Crippen molar-refractivity contribution in [2.45, 2.75) is 32.1 Å². The predicted molar refractivity (Wildman–Crippen MR) is 101 cm³/mol. The number of hydrogen-bond acceptors (Lipinski definition) is 6. The second-order valence-electron chi connectivity index (χ2n) is 7.48. The number of aromatic nitrogens is 4. The van der Waals surface area contributed by atoms with Crippen LogP contribution in [0.15, 0.2) is 23.6 Å². The molecule has 0 spiro atoms. The summed E-state index contributed by atoms with van der Waals surface area (Å²) >= 11 is 1.52. The van der Waals surface area contributed by atoms with Crippen molar-refractivity contribution < 1.29 is 9.53 Å². The summed E-state index contributed by atoms with van der Waals surface area (Å²) in [4.78, 5) is 15.3. The Kier molecular flexibility index (Phi) is 4.07. The van der Waals surface area contributed by atoms with E-state index in [9.17, 15) is 4.79 Å². The minimum absolute atomic E-state index is 0.133. The second-order valence-corrected chi connectivity index (χ2v) is 8.39. The van der Waals surface area contributed by atoms with Crippen LogP contribution in [-0.4, -0.2) is 50.3 Å². The zero-order valence-electron chi connectivity index (χ0n) is 15.2. The van der Waals surface area contributed by atoms with Crippen LogP contribution in [0.25, 0.3) is 5.65 Å². The van der Waals surface area contributed by atoms with Gasteiger partial charge < -0.3 is 9.64 Å². The van der Waals surface area contributed by atoms with Gasteiger partial charge in [0.15, 0.2) is 11.5 Å². The van der Waals surface area contributed by atoms with Gasteiger partial charge in [-0.25, -0.2) is 0 Å². The lowest BCUT2D eigenvalue weighted by molar-refractivity contribution is 0.0787. The van der Waals surface area contributed by atoms with Gasteiger partial charge in [-0.3, -0.25) is 4.79 Å². The van der Waals surface area contributed by atoms with Gasteiger partial charge >= 0.3 is 0 Å². The number of fused-ring (bicyclic) bond motifs is 1. The fraction of sp³-hybridized carbons (Fsp3) is 0.474. The number of ether oxygens (including phenoxy) is 1. The van der Waals surface area contributed by atoms with Crippen molar-refractivity contribution in [3.63, 3.8) is 0 Å². The zero-order valence-corrected chi connectivity index (χ0v) is 16.0. The lowest BCUT2D eigenvalue weighted by Gasteiger charge is -2.15. The molecule has 4 heterocycles. The minimum Gasteiger partial charge on any atom is -0.476 e. The molecule has 2 aliphatic rings. The molecule has 8 heteroatoms. The van der Waals surface area contributed by atoms with Gasteiger partial charge in [0, 0.05) is 31.0 Å². The summed E-state index contributed by atoms with van der Waals surface area (Å²) in [5, 5.41) is 15.0. The number of carbonyl (C=O) groups excluding carboxylic acids is 1. The summed E-state index contributed by atoms with van der Waals surface area (Å²) in [6, 6.07) is 5.70. The molecule has 1 aliphatic heterocycles. The molecule has 1 atom stereocenters. The van der Waals surface area contributed by atoms with E-state index in [-0.39, 0.29) is 5.91 Å². The molecule has 27 heavy (non-hydrogen) atoms. The van der Waals surface area contributed by atoms with Crippen LogP contribution in [0.5, 0.6) is 5.88 Å². The lowest BCUT2D eigenvalue weighted by Crippen LogP contribution is -2.29. The van der Waals surface area contributed by atoms with Crippen LogP contribution in [0, 0.1) is 12.8 Å². The molecular formula is C19H21N5O2S. The highest BCUT2D eigenvalue weighted by molar-refractivity contribution is 7.12. The molecule has 0 bridgehead atoms. The van der Waals surface area contributed by atoms with Gasteiger partial charge in [-0.2, -0.15) is 4.52 Å². The third-order valence-electron chi connectivity index (χ3n) is 5.19. The van der Waals surface area contributed by atoms with Crippen molar-refractivity contribution in [3.05, 3.63) is 39.8 Å². The normalized spacial score (nSPS) is 19.7. The number of thiophene rings is 1. The topological polar surface area (TPSA) is 72.6 Å². The van der Waals surface area contributed by atoms with Gasteiger partial charge in [0.1, 0.15) is 0 Å².